The first kappa shape index (κ1) is 12.6. The number of rotatable bonds is 1. The number of nitrogens with zero attached hydrogens (tertiary/aromatic N) is 1. The fourth-order valence-corrected chi connectivity index (χ4v) is 1.66. The Kier molecular flexibility index (Phi) is 2.86. The molecule has 4 nitrogen and oxygen atoms in total. The van der Waals surface area contributed by atoms with E-state index < -0.39 is 22.5 Å². The number of hydrogen-bond donors (Lipinski definition) is 2. The van der Waals surface area contributed by atoms with Crippen molar-refractivity contribution in [1.82, 2.24) is 5.16 Å². The summed E-state index contributed by atoms with van der Waals surface area (Å²) in [6.07, 6.45) is -3.56. The largest absolute Gasteiger partial charge is 0.506 e. The van der Waals surface area contributed by atoms with E-state index in [1.165, 1.54) is 0 Å². The van der Waals surface area contributed by atoms with Crippen molar-refractivity contribution >= 4 is 17.5 Å². The van der Waals surface area contributed by atoms with Crippen LogP contribution in [-0.2, 0) is 6.18 Å². The second-order valence-electron chi connectivity index (χ2n) is 3.46. The molecule has 0 amide bonds. The molecule has 1 aromatic heterocycles. The van der Waals surface area contributed by atoms with Gasteiger partial charge in [-0.15, -0.1) is 0 Å². The van der Waals surface area contributed by atoms with Crippen molar-refractivity contribution in [3.05, 3.63) is 28.9 Å². The number of aromatic nitrogens is 1. The molecule has 0 fully saturated rings. The van der Waals surface area contributed by atoms with E-state index in [1.54, 1.807) is 0 Å². The molecule has 0 saturated heterocycles. The summed E-state index contributed by atoms with van der Waals surface area (Å²) in [7, 11) is 0. The van der Waals surface area contributed by atoms with E-state index in [4.69, 9.17) is 17.3 Å². The molecule has 0 bridgehead atoms. The molecule has 0 unspecified atom stereocenters. The highest BCUT2D eigenvalue weighted by Gasteiger charge is 2.35. The topological polar surface area (TPSA) is 72.3 Å². The minimum atomic E-state index is -4.73. The molecule has 18 heavy (non-hydrogen) atoms. The van der Waals surface area contributed by atoms with E-state index in [2.05, 4.69) is 9.68 Å². The summed E-state index contributed by atoms with van der Waals surface area (Å²) in [5.41, 5.74) is 4.39. The molecular formula is C10H6ClF3N2O2. The monoisotopic (exact) mass is 278 g/mol. The maximum Gasteiger partial charge on any atom is 0.420 e. The predicted octanol–water partition coefficient (Wildman–Crippen LogP) is 3.30. The van der Waals surface area contributed by atoms with Crippen LogP contribution in [0.15, 0.2) is 22.9 Å². The molecule has 3 N–H and O–H groups in total. The molecule has 0 saturated carbocycles. The van der Waals surface area contributed by atoms with Gasteiger partial charge in [-0.1, -0.05) is 16.8 Å². The SMILES string of the molecule is Nc1oncc1-c1cc(Cl)c(O)c(C(F)(F)F)c1. The van der Waals surface area contributed by atoms with Gasteiger partial charge >= 0.3 is 6.18 Å². The lowest BCUT2D eigenvalue weighted by Crippen LogP contribution is -2.05. The molecule has 8 heteroatoms. The molecule has 1 heterocycles. The van der Waals surface area contributed by atoms with E-state index in [1.807, 2.05) is 0 Å². The van der Waals surface area contributed by atoms with Gasteiger partial charge in [-0.25, -0.2) is 0 Å². The van der Waals surface area contributed by atoms with Crippen molar-refractivity contribution in [3.63, 3.8) is 0 Å². The average molecular weight is 279 g/mol. The Morgan fingerprint density at radius 2 is 2.00 bits per heavy atom. The lowest BCUT2D eigenvalue weighted by Gasteiger charge is -2.11. The fraction of sp³-hybridized carbons (Fsp3) is 0.100. The Hall–Kier alpha value is -1.89. The van der Waals surface area contributed by atoms with Gasteiger partial charge in [0.15, 0.2) is 0 Å². The van der Waals surface area contributed by atoms with Crippen LogP contribution >= 0.6 is 11.6 Å². The number of benzene rings is 1. The minimum absolute atomic E-state index is 0.0591. The molecule has 0 spiro atoms. The van der Waals surface area contributed by atoms with Crippen LogP contribution < -0.4 is 5.73 Å². The molecule has 2 rings (SSSR count). The average Bonchev–Trinajstić information content (AvgIpc) is 2.66. The van der Waals surface area contributed by atoms with Gasteiger partial charge in [-0.05, 0) is 17.7 Å². The van der Waals surface area contributed by atoms with Gasteiger partial charge in [-0.3, -0.25) is 0 Å². The number of aromatic hydroxyl groups is 1. The summed E-state index contributed by atoms with van der Waals surface area (Å²) in [6.45, 7) is 0. The van der Waals surface area contributed by atoms with E-state index in [0.717, 1.165) is 18.3 Å². The van der Waals surface area contributed by atoms with Crippen LogP contribution in [0, 0.1) is 0 Å². The maximum atomic E-state index is 12.7. The Bertz CT molecular complexity index is 595. The van der Waals surface area contributed by atoms with Crippen LogP contribution in [0.25, 0.3) is 11.1 Å². The number of nitrogens with two attached hydrogens (primary N) is 1. The van der Waals surface area contributed by atoms with Crippen molar-refractivity contribution in [2.75, 3.05) is 5.73 Å². The number of hydrogen-bond acceptors (Lipinski definition) is 4. The second-order valence-corrected chi connectivity index (χ2v) is 3.86. The number of alkyl halides is 3. The Balaban J connectivity index is 2.66. The highest BCUT2D eigenvalue weighted by atomic mass is 35.5. The molecule has 2 aromatic rings. The summed E-state index contributed by atoms with van der Waals surface area (Å²) in [6, 6.07) is 1.87. The van der Waals surface area contributed by atoms with E-state index in [-0.39, 0.29) is 17.0 Å². The predicted molar refractivity (Wildman–Crippen MR) is 58.0 cm³/mol. The smallest absolute Gasteiger partial charge is 0.420 e. The van der Waals surface area contributed by atoms with Crippen LogP contribution in [-0.4, -0.2) is 10.3 Å². The summed E-state index contributed by atoms with van der Waals surface area (Å²) >= 11 is 5.55. The number of halogens is 4. The van der Waals surface area contributed by atoms with Crippen LogP contribution in [0.3, 0.4) is 0 Å². The lowest BCUT2D eigenvalue weighted by atomic mass is 10.0. The Labute approximate surface area is 104 Å². The highest BCUT2D eigenvalue weighted by molar-refractivity contribution is 6.32. The van der Waals surface area contributed by atoms with Gasteiger partial charge in [0.05, 0.1) is 22.3 Å². The molecule has 0 atom stereocenters. The van der Waals surface area contributed by atoms with Gasteiger partial charge in [0.1, 0.15) is 5.75 Å². The molecule has 1 aromatic carbocycles. The third kappa shape index (κ3) is 2.08. The van der Waals surface area contributed by atoms with Crippen molar-refractivity contribution in [1.29, 1.82) is 0 Å². The van der Waals surface area contributed by atoms with Crippen LogP contribution in [0.1, 0.15) is 5.56 Å². The second kappa shape index (κ2) is 4.09. The molecule has 0 radical (unpaired) electrons. The number of nitrogen functional groups attached to an aromatic ring is 1. The molecule has 0 aliphatic rings. The van der Waals surface area contributed by atoms with Crippen LogP contribution in [0.2, 0.25) is 5.02 Å². The third-order valence-electron chi connectivity index (χ3n) is 2.28. The van der Waals surface area contributed by atoms with Crippen molar-refractivity contribution < 1.29 is 22.8 Å². The van der Waals surface area contributed by atoms with E-state index >= 15 is 0 Å². The zero-order chi connectivity index (χ0) is 13.5. The van der Waals surface area contributed by atoms with Gasteiger partial charge in [0.2, 0.25) is 5.88 Å². The molecular weight excluding hydrogens is 273 g/mol. The number of phenols is 1. The van der Waals surface area contributed by atoms with Crippen molar-refractivity contribution in [2.24, 2.45) is 0 Å². The number of anilines is 1. The molecule has 0 aliphatic carbocycles. The van der Waals surface area contributed by atoms with Crippen molar-refractivity contribution in [2.45, 2.75) is 6.18 Å². The van der Waals surface area contributed by atoms with E-state index in [9.17, 15) is 18.3 Å². The van der Waals surface area contributed by atoms with E-state index in [0.29, 0.717) is 0 Å². The van der Waals surface area contributed by atoms with Gasteiger partial charge in [0, 0.05) is 0 Å². The fourth-order valence-electron chi connectivity index (χ4n) is 1.44. The standard InChI is InChI=1S/C10H6ClF3N2O2/c11-7-2-4(5-3-16-18-9(5)15)1-6(8(7)17)10(12,13)14/h1-3,17H,15H2. The first-order valence-electron chi connectivity index (χ1n) is 4.61. The van der Waals surface area contributed by atoms with Crippen molar-refractivity contribution in [3.8, 4) is 16.9 Å². The highest BCUT2D eigenvalue weighted by Crippen LogP contribution is 2.42. The minimum Gasteiger partial charge on any atom is -0.506 e. The first-order valence-corrected chi connectivity index (χ1v) is 4.98. The molecule has 96 valence electrons. The number of phenolic OH excluding ortho intramolecular Hbond substituents is 1. The first-order chi connectivity index (χ1) is 8.30. The Morgan fingerprint density at radius 3 is 2.50 bits per heavy atom. The summed E-state index contributed by atoms with van der Waals surface area (Å²) < 4.78 is 42.5. The normalized spacial score (nSPS) is 11.8. The summed E-state index contributed by atoms with van der Waals surface area (Å²) in [5, 5.41) is 12.2. The maximum absolute atomic E-state index is 12.7. The lowest BCUT2D eigenvalue weighted by molar-refractivity contribution is -0.138. The van der Waals surface area contributed by atoms with Crippen LogP contribution in [0.5, 0.6) is 5.75 Å². The van der Waals surface area contributed by atoms with Gasteiger partial charge in [-0.2, -0.15) is 13.2 Å². The zero-order valence-corrected chi connectivity index (χ0v) is 9.38. The van der Waals surface area contributed by atoms with Gasteiger partial charge < -0.3 is 15.4 Å². The van der Waals surface area contributed by atoms with Gasteiger partial charge in [0.25, 0.3) is 0 Å². The summed E-state index contributed by atoms with van der Waals surface area (Å²) in [5.74, 6) is -1.16. The zero-order valence-electron chi connectivity index (χ0n) is 8.62. The quantitative estimate of drug-likeness (QED) is 0.839. The van der Waals surface area contributed by atoms with Crippen LogP contribution in [0.4, 0.5) is 19.1 Å². The summed E-state index contributed by atoms with van der Waals surface area (Å²) in [4.78, 5) is 0. The third-order valence-corrected chi connectivity index (χ3v) is 2.57. The molecule has 0 aliphatic heterocycles. The Morgan fingerprint density at radius 1 is 1.33 bits per heavy atom.